The van der Waals surface area contributed by atoms with Gasteiger partial charge in [-0.15, -0.1) is 0 Å². The molecule has 0 bridgehead atoms. The molecule has 0 aromatic carbocycles. The van der Waals surface area contributed by atoms with Gasteiger partial charge < -0.3 is 29.5 Å². The summed E-state index contributed by atoms with van der Waals surface area (Å²) < 4.78 is 14.3. The van der Waals surface area contributed by atoms with Crippen molar-refractivity contribution in [2.45, 2.75) is 0 Å². The van der Waals surface area contributed by atoms with Crippen LogP contribution in [-0.4, -0.2) is 85.2 Å². The van der Waals surface area contributed by atoms with Gasteiger partial charge in [-0.3, -0.25) is 9.69 Å². The van der Waals surface area contributed by atoms with Crippen molar-refractivity contribution in [3.8, 4) is 0 Å². The van der Waals surface area contributed by atoms with Crippen LogP contribution in [0.2, 0.25) is 0 Å². The highest BCUT2D eigenvalue weighted by Crippen LogP contribution is 1.91. The zero-order chi connectivity index (χ0) is 14.5. The monoisotopic (exact) mass is 281 g/mol. The van der Waals surface area contributed by atoms with Crippen LogP contribution in [0, 0.1) is 0 Å². The van der Waals surface area contributed by atoms with Crippen LogP contribution in [-0.2, 0) is 23.8 Å². The molecule has 0 spiro atoms. The molecule has 0 unspecified atom stereocenters. The van der Waals surface area contributed by atoms with Gasteiger partial charge >= 0.3 is 11.9 Å². The lowest BCUT2D eigenvalue weighted by molar-refractivity contribution is -0.143. The summed E-state index contributed by atoms with van der Waals surface area (Å²) in [5, 5.41) is 25.4. The first kappa shape index (κ1) is 17.7. The third-order valence-electron chi connectivity index (χ3n) is 1.95. The van der Waals surface area contributed by atoms with E-state index >= 15 is 0 Å². The van der Waals surface area contributed by atoms with Crippen LogP contribution in [0.25, 0.3) is 0 Å². The summed E-state index contributed by atoms with van der Waals surface area (Å²) in [6, 6.07) is 0. The van der Waals surface area contributed by atoms with Gasteiger partial charge in [0.1, 0.15) is 20.2 Å². The Morgan fingerprint density at radius 3 is 2.11 bits per heavy atom. The van der Waals surface area contributed by atoms with Gasteiger partial charge in [-0.1, -0.05) is 0 Å². The third-order valence-corrected chi connectivity index (χ3v) is 1.95. The van der Waals surface area contributed by atoms with E-state index in [-0.39, 0.29) is 33.1 Å². The number of carboxylic acids is 2. The zero-order valence-electron chi connectivity index (χ0n) is 10.5. The first-order valence-corrected chi connectivity index (χ1v) is 5.56. The highest BCUT2D eigenvalue weighted by atomic mass is 16.7. The van der Waals surface area contributed by atoms with Gasteiger partial charge in [0.15, 0.2) is 0 Å². The summed E-state index contributed by atoms with van der Waals surface area (Å²) in [7, 11) is 0. The predicted molar refractivity (Wildman–Crippen MR) is 61.5 cm³/mol. The highest BCUT2D eigenvalue weighted by molar-refractivity contribution is 5.69. The SMILES string of the molecule is O=C(O)COCCN(CCOCOCO)CC(=O)O. The molecule has 0 saturated heterocycles. The Labute approximate surface area is 110 Å². The summed E-state index contributed by atoms with van der Waals surface area (Å²) in [5.74, 6) is -2.07. The molecule has 19 heavy (non-hydrogen) atoms. The number of nitrogens with zero attached hydrogens (tertiary/aromatic N) is 1. The van der Waals surface area contributed by atoms with E-state index in [0.29, 0.717) is 6.54 Å². The smallest absolute Gasteiger partial charge is 0.329 e. The molecule has 0 aromatic heterocycles. The van der Waals surface area contributed by atoms with E-state index in [9.17, 15) is 9.59 Å². The zero-order valence-corrected chi connectivity index (χ0v) is 10.5. The summed E-state index contributed by atoms with van der Waals surface area (Å²) in [5.41, 5.74) is 0. The van der Waals surface area contributed by atoms with Crippen molar-refractivity contribution in [3.63, 3.8) is 0 Å². The van der Waals surface area contributed by atoms with Gasteiger partial charge in [-0.25, -0.2) is 4.79 Å². The number of carbonyl (C=O) groups is 2. The number of aliphatic hydroxyl groups is 1. The molecule has 0 amide bonds. The minimum atomic E-state index is -1.07. The van der Waals surface area contributed by atoms with Gasteiger partial charge in [0.05, 0.1) is 19.8 Å². The molecule has 0 aromatic rings. The lowest BCUT2D eigenvalue weighted by atomic mass is 10.4. The number of hydrogen-bond acceptors (Lipinski definition) is 7. The second-order valence-corrected chi connectivity index (χ2v) is 3.48. The Balaban J connectivity index is 3.75. The molecular weight excluding hydrogens is 262 g/mol. The van der Waals surface area contributed by atoms with E-state index in [1.54, 1.807) is 4.90 Å². The number of carboxylic acid groups (broad SMARTS) is 2. The molecule has 0 radical (unpaired) electrons. The van der Waals surface area contributed by atoms with Gasteiger partial charge in [-0.2, -0.15) is 0 Å². The summed E-state index contributed by atoms with van der Waals surface area (Å²) >= 11 is 0. The quantitative estimate of drug-likeness (QED) is 0.270. The van der Waals surface area contributed by atoms with E-state index in [2.05, 4.69) is 4.74 Å². The van der Waals surface area contributed by atoms with Crippen molar-refractivity contribution in [1.82, 2.24) is 4.90 Å². The first-order valence-electron chi connectivity index (χ1n) is 5.56. The van der Waals surface area contributed by atoms with E-state index in [4.69, 9.17) is 24.8 Å². The largest absolute Gasteiger partial charge is 0.480 e. The number of ether oxygens (including phenoxy) is 3. The van der Waals surface area contributed by atoms with Crippen molar-refractivity contribution >= 4 is 11.9 Å². The Hall–Kier alpha value is -1.26. The van der Waals surface area contributed by atoms with Gasteiger partial charge in [0.2, 0.25) is 0 Å². The van der Waals surface area contributed by atoms with E-state index in [0.717, 1.165) is 0 Å². The lowest BCUT2D eigenvalue weighted by Crippen LogP contribution is -2.35. The maximum Gasteiger partial charge on any atom is 0.329 e. The second-order valence-electron chi connectivity index (χ2n) is 3.48. The molecule has 112 valence electrons. The molecule has 0 saturated carbocycles. The summed E-state index contributed by atoms with van der Waals surface area (Å²) in [6.07, 6.45) is 0. The predicted octanol–water partition coefficient (Wildman–Crippen LogP) is -1.59. The lowest BCUT2D eigenvalue weighted by Gasteiger charge is -2.19. The van der Waals surface area contributed by atoms with Gasteiger partial charge in [0.25, 0.3) is 0 Å². The Bertz CT molecular complexity index is 260. The average Bonchev–Trinajstić information content (AvgIpc) is 2.33. The molecule has 0 aliphatic rings. The van der Waals surface area contributed by atoms with Crippen molar-refractivity contribution < 1.29 is 39.1 Å². The molecule has 0 rings (SSSR count). The van der Waals surface area contributed by atoms with Crippen LogP contribution in [0.5, 0.6) is 0 Å². The van der Waals surface area contributed by atoms with Gasteiger partial charge in [0, 0.05) is 13.1 Å². The minimum absolute atomic E-state index is 0.0765. The summed E-state index contributed by atoms with van der Waals surface area (Å²) in [6.45, 7) is -0.169. The molecule has 3 N–H and O–H groups in total. The molecular formula is C10H19NO8. The van der Waals surface area contributed by atoms with Gasteiger partial charge in [-0.05, 0) is 0 Å². The number of aliphatic hydroxyl groups excluding tert-OH is 1. The Kier molecular flexibility index (Phi) is 11.0. The topological polar surface area (TPSA) is 126 Å². The molecule has 0 heterocycles. The molecule has 9 heteroatoms. The maximum absolute atomic E-state index is 10.6. The Morgan fingerprint density at radius 1 is 0.947 bits per heavy atom. The fraction of sp³-hybridized carbons (Fsp3) is 0.800. The van der Waals surface area contributed by atoms with Crippen molar-refractivity contribution in [1.29, 1.82) is 0 Å². The summed E-state index contributed by atoms with van der Waals surface area (Å²) in [4.78, 5) is 22.4. The number of hydrogen-bond donors (Lipinski definition) is 3. The minimum Gasteiger partial charge on any atom is -0.480 e. The first-order chi connectivity index (χ1) is 9.06. The average molecular weight is 281 g/mol. The molecule has 0 atom stereocenters. The van der Waals surface area contributed by atoms with Crippen molar-refractivity contribution in [2.24, 2.45) is 0 Å². The van der Waals surface area contributed by atoms with Crippen molar-refractivity contribution in [2.75, 3.05) is 53.0 Å². The molecule has 0 aliphatic heterocycles. The number of rotatable bonds is 13. The Morgan fingerprint density at radius 2 is 1.58 bits per heavy atom. The normalized spacial score (nSPS) is 10.8. The van der Waals surface area contributed by atoms with Crippen LogP contribution < -0.4 is 0 Å². The van der Waals surface area contributed by atoms with Crippen LogP contribution in [0.3, 0.4) is 0 Å². The third kappa shape index (κ3) is 13.0. The van der Waals surface area contributed by atoms with E-state index in [1.165, 1.54) is 0 Å². The van der Waals surface area contributed by atoms with Crippen LogP contribution in [0.15, 0.2) is 0 Å². The highest BCUT2D eigenvalue weighted by Gasteiger charge is 2.09. The van der Waals surface area contributed by atoms with Crippen LogP contribution >= 0.6 is 0 Å². The number of aliphatic carboxylic acids is 2. The second kappa shape index (κ2) is 11.8. The molecule has 0 fully saturated rings. The van der Waals surface area contributed by atoms with E-state index < -0.39 is 25.3 Å². The van der Waals surface area contributed by atoms with Crippen molar-refractivity contribution in [3.05, 3.63) is 0 Å². The van der Waals surface area contributed by atoms with Crippen LogP contribution in [0.1, 0.15) is 0 Å². The molecule has 9 nitrogen and oxygen atoms in total. The standard InChI is InChI=1S/C10H19NO8/c12-7-19-8-18-4-2-11(5-9(13)14)1-3-17-6-10(15)16/h12H,1-8H2,(H,13,14)(H,15,16). The van der Waals surface area contributed by atoms with Crippen LogP contribution in [0.4, 0.5) is 0 Å². The fourth-order valence-corrected chi connectivity index (χ4v) is 1.16. The molecule has 0 aliphatic carbocycles. The maximum atomic E-state index is 10.6. The fourth-order valence-electron chi connectivity index (χ4n) is 1.16. The van der Waals surface area contributed by atoms with E-state index in [1.807, 2.05) is 0 Å².